The minimum Gasteiger partial charge on any atom is -0.465 e. The van der Waals surface area contributed by atoms with Crippen LogP contribution in [0.3, 0.4) is 0 Å². The van der Waals surface area contributed by atoms with Crippen molar-refractivity contribution in [2.24, 2.45) is 0 Å². The van der Waals surface area contributed by atoms with Gasteiger partial charge in [-0.2, -0.15) is 0 Å². The van der Waals surface area contributed by atoms with Gasteiger partial charge in [0.1, 0.15) is 5.82 Å². The number of rotatable bonds is 3. The van der Waals surface area contributed by atoms with Gasteiger partial charge in [0, 0.05) is 10.2 Å². The van der Waals surface area contributed by atoms with Crippen LogP contribution >= 0.6 is 15.9 Å². The normalized spacial score (nSPS) is 10.3. The minimum absolute atomic E-state index is 0.0859. The lowest BCUT2D eigenvalue weighted by molar-refractivity contribution is 0.0599. The van der Waals surface area contributed by atoms with Crippen molar-refractivity contribution in [1.82, 2.24) is 0 Å². The number of carbonyl (C=O) groups is 2. The van der Waals surface area contributed by atoms with E-state index in [1.807, 2.05) is 6.92 Å². The van der Waals surface area contributed by atoms with Gasteiger partial charge < -0.3 is 10.1 Å². The van der Waals surface area contributed by atoms with Crippen LogP contribution in [0, 0.1) is 19.7 Å². The van der Waals surface area contributed by atoms with Crippen molar-refractivity contribution in [3.63, 3.8) is 0 Å². The van der Waals surface area contributed by atoms with E-state index >= 15 is 0 Å². The Morgan fingerprint density at radius 3 is 2.48 bits per heavy atom. The summed E-state index contributed by atoms with van der Waals surface area (Å²) in [4.78, 5) is 24.0. The summed E-state index contributed by atoms with van der Waals surface area (Å²) in [7, 11) is 1.29. The molecule has 120 valence electrons. The molecule has 0 saturated carbocycles. The summed E-state index contributed by atoms with van der Waals surface area (Å²) in [6.07, 6.45) is 0. The lowest BCUT2D eigenvalue weighted by Crippen LogP contribution is -2.15. The molecule has 1 N–H and O–H groups in total. The second kappa shape index (κ2) is 6.91. The largest absolute Gasteiger partial charge is 0.465 e. The second-order valence-electron chi connectivity index (χ2n) is 5.04. The van der Waals surface area contributed by atoms with Crippen molar-refractivity contribution < 1.29 is 18.7 Å². The number of methoxy groups -OCH3 is 1. The molecule has 0 aliphatic rings. The predicted molar refractivity (Wildman–Crippen MR) is 89.3 cm³/mol. The maximum atomic E-state index is 13.8. The topological polar surface area (TPSA) is 55.4 Å². The zero-order valence-electron chi connectivity index (χ0n) is 12.9. The van der Waals surface area contributed by atoms with Gasteiger partial charge in [-0.05, 0) is 55.3 Å². The first-order valence-electron chi connectivity index (χ1n) is 6.79. The zero-order valence-corrected chi connectivity index (χ0v) is 14.5. The molecule has 6 heteroatoms. The van der Waals surface area contributed by atoms with Crippen LogP contribution in [-0.4, -0.2) is 19.0 Å². The lowest BCUT2D eigenvalue weighted by Gasteiger charge is -2.12. The molecular weight excluding hydrogens is 365 g/mol. The van der Waals surface area contributed by atoms with Gasteiger partial charge in [0.25, 0.3) is 5.91 Å². The summed E-state index contributed by atoms with van der Waals surface area (Å²) < 4.78 is 19.1. The van der Waals surface area contributed by atoms with E-state index in [0.29, 0.717) is 15.7 Å². The van der Waals surface area contributed by atoms with Gasteiger partial charge in [-0.3, -0.25) is 4.79 Å². The fraction of sp³-hybridized carbons (Fsp3) is 0.176. The van der Waals surface area contributed by atoms with Gasteiger partial charge in [-0.15, -0.1) is 0 Å². The monoisotopic (exact) mass is 379 g/mol. The van der Waals surface area contributed by atoms with Gasteiger partial charge in [-0.25, -0.2) is 9.18 Å². The number of hydrogen-bond acceptors (Lipinski definition) is 3. The molecule has 1 amide bonds. The third-order valence-corrected chi connectivity index (χ3v) is 4.00. The first kappa shape index (κ1) is 17.1. The van der Waals surface area contributed by atoms with Crippen molar-refractivity contribution in [2.75, 3.05) is 12.4 Å². The molecule has 23 heavy (non-hydrogen) atoms. The number of aryl methyl sites for hydroxylation is 1. The Bertz CT molecular complexity index is 790. The van der Waals surface area contributed by atoms with Gasteiger partial charge in [-0.1, -0.05) is 15.9 Å². The molecule has 0 radical (unpaired) electrons. The van der Waals surface area contributed by atoms with Crippen LogP contribution in [0.1, 0.15) is 31.8 Å². The Labute approximate surface area is 141 Å². The summed E-state index contributed by atoms with van der Waals surface area (Å²) in [5.41, 5.74) is 2.26. The van der Waals surface area contributed by atoms with Gasteiger partial charge >= 0.3 is 5.97 Å². The van der Waals surface area contributed by atoms with Crippen molar-refractivity contribution in [3.05, 3.63) is 62.9 Å². The SMILES string of the molecule is COC(=O)c1cc(NC(=O)c2cc(Br)ccc2F)cc(C)c1C. The molecule has 0 atom stereocenters. The standard InChI is InChI=1S/C17H15BrFNO3/c1-9-6-12(8-13(10(9)2)17(22)23-3)20-16(21)14-7-11(18)4-5-15(14)19/h4-8H,1-3H3,(H,20,21). The molecule has 2 aromatic carbocycles. The average molecular weight is 380 g/mol. The van der Waals surface area contributed by atoms with Gasteiger partial charge in [0.05, 0.1) is 18.2 Å². The summed E-state index contributed by atoms with van der Waals surface area (Å²) in [6.45, 7) is 3.61. The van der Waals surface area contributed by atoms with E-state index in [9.17, 15) is 14.0 Å². The maximum absolute atomic E-state index is 13.8. The van der Waals surface area contributed by atoms with Crippen LogP contribution in [0.5, 0.6) is 0 Å². The van der Waals surface area contributed by atoms with E-state index in [-0.39, 0.29) is 5.56 Å². The number of esters is 1. The van der Waals surface area contributed by atoms with Gasteiger partial charge in [0.15, 0.2) is 0 Å². The van der Waals surface area contributed by atoms with E-state index < -0.39 is 17.7 Å². The van der Waals surface area contributed by atoms with Crippen molar-refractivity contribution in [2.45, 2.75) is 13.8 Å². The highest BCUT2D eigenvalue weighted by molar-refractivity contribution is 9.10. The van der Waals surface area contributed by atoms with Gasteiger partial charge in [0.2, 0.25) is 0 Å². The summed E-state index contributed by atoms with van der Waals surface area (Å²) >= 11 is 3.20. The van der Waals surface area contributed by atoms with E-state index in [2.05, 4.69) is 21.2 Å². The molecule has 4 nitrogen and oxygen atoms in total. The molecular formula is C17H15BrFNO3. The third-order valence-electron chi connectivity index (χ3n) is 3.50. The average Bonchev–Trinajstić information content (AvgIpc) is 2.52. The summed E-state index contributed by atoms with van der Waals surface area (Å²) in [6, 6.07) is 7.35. The molecule has 0 saturated heterocycles. The molecule has 2 aromatic rings. The second-order valence-corrected chi connectivity index (χ2v) is 5.95. The van der Waals surface area contributed by atoms with Crippen LogP contribution in [0.15, 0.2) is 34.8 Å². The quantitative estimate of drug-likeness (QED) is 0.811. The first-order chi connectivity index (χ1) is 10.8. The summed E-state index contributed by atoms with van der Waals surface area (Å²) in [5.74, 6) is -1.71. The fourth-order valence-electron chi connectivity index (χ4n) is 2.12. The molecule has 0 aliphatic heterocycles. The molecule has 0 aliphatic carbocycles. The Morgan fingerprint density at radius 1 is 1.13 bits per heavy atom. The highest BCUT2D eigenvalue weighted by Gasteiger charge is 2.16. The highest BCUT2D eigenvalue weighted by Crippen LogP contribution is 2.22. The number of nitrogens with one attached hydrogen (secondary N) is 1. The lowest BCUT2D eigenvalue weighted by atomic mass is 10.0. The molecule has 2 rings (SSSR count). The number of benzene rings is 2. The van der Waals surface area contributed by atoms with Crippen LogP contribution < -0.4 is 5.32 Å². The van der Waals surface area contributed by atoms with E-state index in [4.69, 9.17) is 4.74 Å². The van der Waals surface area contributed by atoms with E-state index in [1.165, 1.54) is 31.4 Å². The summed E-state index contributed by atoms with van der Waals surface area (Å²) in [5, 5.41) is 2.61. The Hall–Kier alpha value is -2.21. The molecule has 0 heterocycles. The Kier molecular flexibility index (Phi) is 5.15. The number of anilines is 1. The molecule has 0 spiro atoms. The molecule has 0 unspecified atom stereocenters. The maximum Gasteiger partial charge on any atom is 0.338 e. The number of ether oxygens (including phenoxy) is 1. The van der Waals surface area contributed by atoms with Crippen molar-refractivity contribution in [1.29, 1.82) is 0 Å². The van der Waals surface area contributed by atoms with Crippen LogP contribution in [0.25, 0.3) is 0 Å². The highest BCUT2D eigenvalue weighted by atomic mass is 79.9. The van der Waals surface area contributed by atoms with E-state index in [0.717, 1.165) is 11.1 Å². The Balaban J connectivity index is 2.36. The number of carbonyl (C=O) groups excluding carboxylic acids is 2. The van der Waals surface area contributed by atoms with Crippen molar-refractivity contribution in [3.8, 4) is 0 Å². The van der Waals surface area contributed by atoms with Crippen LogP contribution in [-0.2, 0) is 4.74 Å². The van der Waals surface area contributed by atoms with Crippen molar-refractivity contribution >= 4 is 33.5 Å². The van der Waals surface area contributed by atoms with E-state index in [1.54, 1.807) is 13.0 Å². The minimum atomic E-state index is -0.622. The fourth-order valence-corrected chi connectivity index (χ4v) is 2.48. The number of hydrogen-bond donors (Lipinski definition) is 1. The first-order valence-corrected chi connectivity index (χ1v) is 7.58. The smallest absolute Gasteiger partial charge is 0.338 e. The Morgan fingerprint density at radius 2 is 1.83 bits per heavy atom. The molecule has 0 aromatic heterocycles. The molecule has 0 fully saturated rings. The third kappa shape index (κ3) is 3.76. The van der Waals surface area contributed by atoms with Crippen LogP contribution in [0.4, 0.5) is 10.1 Å². The predicted octanol–water partition coefficient (Wildman–Crippen LogP) is 4.24. The van der Waals surface area contributed by atoms with Crippen LogP contribution in [0.2, 0.25) is 0 Å². The number of amides is 1. The zero-order chi connectivity index (χ0) is 17.1. The number of halogens is 2. The molecule has 0 bridgehead atoms.